The van der Waals surface area contributed by atoms with E-state index in [-0.39, 0.29) is 16.6 Å². The molecule has 1 fully saturated rings. The Morgan fingerprint density at radius 3 is 2.50 bits per heavy atom. The van der Waals surface area contributed by atoms with Gasteiger partial charge in [-0.25, -0.2) is 0 Å². The predicted molar refractivity (Wildman–Crippen MR) is 112 cm³/mol. The van der Waals surface area contributed by atoms with Gasteiger partial charge in [-0.15, -0.1) is 0 Å². The minimum absolute atomic E-state index is 0.0143. The average molecular weight is 440 g/mol. The fourth-order valence-electron chi connectivity index (χ4n) is 3.79. The first kappa shape index (κ1) is 22.4. The van der Waals surface area contributed by atoms with Crippen LogP contribution in [-0.4, -0.2) is 23.5 Å². The van der Waals surface area contributed by atoms with Gasteiger partial charge >= 0.3 is 6.18 Å². The number of carbonyl (C=O) groups excluding carboxylic acids is 1. The lowest BCUT2D eigenvalue weighted by molar-refractivity contribution is -0.137. The fraction of sp³-hybridized carbons (Fsp3) is 0.455. The number of benzene rings is 1. The van der Waals surface area contributed by atoms with Gasteiger partial charge in [-0.05, 0) is 75.3 Å². The molecule has 0 atom stereocenters. The number of aromatic nitrogens is 1. The van der Waals surface area contributed by atoms with Gasteiger partial charge in [0.05, 0.1) is 28.0 Å². The van der Waals surface area contributed by atoms with Gasteiger partial charge in [0.1, 0.15) is 0 Å². The molecule has 0 radical (unpaired) electrons. The highest BCUT2D eigenvalue weighted by atomic mass is 35.5. The first-order chi connectivity index (χ1) is 14.1. The van der Waals surface area contributed by atoms with Crippen LogP contribution in [0.2, 0.25) is 5.02 Å². The summed E-state index contributed by atoms with van der Waals surface area (Å²) in [6.07, 6.45) is 0.726. The van der Waals surface area contributed by atoms with E-state index < -0.39 is 17.6 Å². The molecular formula is C22H25ClF3N3O. The molecule has 1 saturated carbocycles. The maximum absolute atomic E-state index is 12.9. The maximum atomic E-state index is 12.9. The molecule has 1 amide bonds. The number of amides is 1. The molecule has 8 heteroatoms. The van der Waals surface area contributed by atoms with Gasteiger partial charge in [0.25, 0.3) is 5.91 Å². The van der Waals surface area contributed by atoms with Crippen molar-refractivity contribution in [2.75, 3.05) is 11.9 Å². The number of anilines is 1. The Labute approximate surface area is 179 Å². The van der Waals surface area contributed by atoms with Crippen LogP contribution in [0.5, 0.6) is 0 Å². The van der Waals surface area contributed by atoms with Crippen molar-refractivity contribution in [1.29, 1.82) is 0 Å². The van der Waals surface area contributed by atoms with Gasteiger partial charge in [0.15, 0.2) is 0 Å². The molecule has 1 heterocycles. The largest absolute Gasteiger partial charge is 0.416 e. The number of nitrogens with zero attached hydrogens (tertiary/aromatic N) is 1. The Balaban J connectivity index is 1.51. The van der Waals surface area contributed by atoms with E-state index in [1.165, 1.54) is 0 Å². The van der Waals surface area contributed by atoms with E-state index in [4.69, 9.17) is 11.6 Å². The molecule has 1 aromatic heterocycles. The molecule has 1 aromatic carbocycles. The van der Waals surface area contributed by atoms with E-state index in [1.54, 1.807) is 0 Å². The molecule has 0 bridgehead atoms. The highest BCUT2D eigenvalue weighted by Gasteiger charge is 2.32. The monoisotopic (exact) mass is 439 g/mol. The summed E-state index contributed by atoms with van der Waals surface area (Å²) < 4.78 is 38.8. The van der Waals surface area contributed by atoms with Crippen molar-refractivity contribution in [3.8, 4) is 0 Å². The van der Waals surface area contributed by atoms with Gasteiger partial charge in [-0.2, -0.15) is 13.2 Å². The number of nitrogens with one attached hydrogen (secondary N) is 2. The zero-order chi connectivity index (χ0) is 21.9. The predicted octanol–water partition coefficient (Wildman–Crippen LogP) is 5.77. The summed E-state index contributed by atoms with van der Waals surface area (Å²) in [6.45, 7) is 4.83. The summed E-state index contributed by atoms with van der Waals surface area (Å²) in [5.74, 6) is -0.0926. The number of rotatable bonds is 5. The van der Waals surface area contributed by atoms with Crippen LogP contribution in [0.15, 0.2) is 30.5 Å². The molecule has 0 spiro atoms. The Kier molecular flexibility index (Phi) is 6.91. The van der Waals surface area contributed by atoms with E-state index in [0.717, 1.165) is 67.4 Å². The number of alkyl halides is 3. The summed E-state index contributed by atoms with van der Waals surface area (Å²) in [4.78, 5) is 16.8. The Bertz CT molecular complexity index is 909. The lowest BCUT2D eigenvalue weighted by Crippen LogP contribution is -2.38. The standard InChI is InChI=1S/C22H25ClF3N3O/c1-13-9-14(2)27-12-20(13)28-11-15-3-6-17(7-4-15)29-21(30)18-10-16(22(24,25)26)5-8-19(18)23/h5,8-10,12,15,17,28H,3-4,6-7,11H2,1-2H3,(H,29,30). The Morgan fingerprint density at radius 1 is 1.17 bits per heavy atom. The second kappa shape index (κ2) is 9.25. The van der Waals surface area contributed by atoms with Crippen LogP contribution in [0.25, 0.3) is 0 Å². The van der Waals surface area contributed by atoms with Crippen LogP contribution < -0.4 is 10.6 Å². The molecule has 0 unspecified atom stereocenters. The van der Waals surface area contributed by atoms with Crippen LogP contribution in [0.3, 0.4) is 0 Å². The normalized spacial score (nSPS) is 19.4. The van der Waals surface area contributed by atoms with Crippen LogP contribution in [0, 0.1) is 19.8 Å². The number of carbonyl (C=O) groups is 1. The Hall–Kier alpha value is -2.28. The lowest BCUT2D eigenvalue weighted by Gasteiger charge is -2.29. The molecule has 162 valence electrons. The van der Waals surface area contributed by atoms with Crippen LogP contribution in [0.1, 0.15) is 52.9 Å². The molecule has 2 N–H and O–H groups in total. The van der Waals surface area contributed by atoms with Crippen LogP contribution in [-0.2, 0) is 6.18 Å². The zero-order valence-corrected chi connectivity index (χ0v) is 17.7. The number of aryl methyl sites for hydroxylation is 2. The maximum Gasteiger partial charge on any atom is 0.416 e. The Morgan fingerprint density at radius 2 is 1.87 bits per heavy atom. The first-order valence-corrected chi connectivity index (χ1v) is 10.4. The number of halogens is 4. The van der Waals surface area contributed by atoms with Crippen LogP contribution >= 0.6 is 11.6 Å². The van der Waals surface area contributed by atoms with Crippen LogP contribution in [0.4, 0.5) is 18.9 Å². The van der Waals surface area contributed by atoms with Gasteiger partial charge < -0.3 is 10.6 Å². The van der Waals surface area contributed by atoms with E-state index in [1.807, 2.05) is 26.1 Å². The zero-order valence-electron chi connectivity index (χ0n) is 16.9. The fourth-order valence-corrected chi connectivity index (χ4v) is 3.99. The minimum Gasteiger partial charge on any atom is -0.383 e. The number of hydrogen-bond acceptors (Lipinski definition) is 3. The molecule has 3 rings (SSSR count). The molecule has 4 nitrogen and oxygen atoms in total. The van der Waals surface area contributed by atoms with E-state index in [2.05, 4.69) is 15.6 Å². The molecule has 1 aliphatic carbocycles. The molecule has 2 aromatic rings. The third kappa shape index (κ3) is 5.65. The molecular weight excluding hydrogens is 415 g/mol. The summed E-state index contributed by atoms with van der Waals surface area (Å²) in [5.41, 5.74) is 2.14. The van der Waals surface area contributed by atoms with Crippen molar-refractivity contribution in [2.24, 2.45) is 5.92 Å². The highest BCUT2D eigenvalue weighted by molar-refractivity contribution is 6.33. The van der Waals surface area contributed by atoms with Crippen molar-refractivity contribution < 1.29 is 18.0 Å². The second-order valence-electron chi connectivity index (χ2n) is 7.91. The summed E-state index contributed by atoms with van der Waals surface area (Å²) in [7, 11) is 0. The van der Waals surface area contributed by atoms with E-state index in [0.29, 0.717) is 5.92 Å². The van der Waals surface area contributed by atoms with Gasteiger partial charge in [0.2, 0.25) is 0 Å². The summed E-state index contributed by atoms with van der Waals surface area (Å²) >= 11 is 5.96. The first-order valence-electron chi connectivity index (χ1n) is 9.98. The number of pyridine rings is 1. The molecule has 0 aliphatic heterocycles. The minimum atomic E-state index is -4.52. The van der Waals surface area contributed by atoms with E-state index >= 15 is 0 Å². The molecule has 1 aliphatic rings. The van der Waals surface area contributed by atoms with Gasteiger partial charge in [0, 0.05) is 18.3 Å². The quantitative estimate of drug-likeness (QED) is 0.621. The lowest BCUT2D eigenvalue weighted by atomic mass is 9.85. The summed E-state index contributed by atoms with van der Waals surface area (Å²) in [6, 6.07) is 4.77. The van der Waals surface area contributed by atoms with Gasteiger partial charge in [-0.1, -0.05) is 11.6 Å². The van der Waals surface area contributed by atoms with Crippen molar-refractivity contribution >= 4 is 23.2 Å². The average Bonchev–Trinajstić information content (AvgIpc) is 2.68. The summed E-state index contributed by atoms with van der Waals surface area (Å²) in [5, 5.41) is 6.30. The third-order valence-electron chi connectivity index (χ3n) is 5.55. The topological polar surface area (TPSA) is 54.0 Å². The number of hydrogen-bond donors (Lipinski definition) is 2. The smallest absolute Gasteiger partial charge is 0.383 e. The van der Waals surface area contributed by atoms with Gasteiger partial charge in [-0.3, -0.25) is 9.78 Å². The van der Waals surface area contributed by atoms with Crippen molar-refractivity contribution in [3.05, 3.63) is 57.9 Å². The van der Waals surface area contributed by atoms with Crippen molar-refractivity contribution in [3.63, 3.8) is 0 Å². The SMILES string of the molecule is Cc1cc(C)c(NCC2CCC(NC(=O)c3cc(C(F)(F)F)ccc3Cl)CC2)cn1. The van der Waals surface area contributed by atoms with Crippen molar-refractivity contribution in [1.82, 2.24) is 10.3 Å². The third-order valence-corrected chi connectivity index (χ3v) is 5.88. The molecule has 0 saturated heterocycles. The molecule has 30 heavy (non-hydrogen) atoms. The highest BCUT2D eigenvalue weighted by Crippen LogP contribution is 2.32. The van der Waals surface area contributed by atoms with E-state index in [9.17, 15) is 18.0 Å². The van der Waals surface area contributed by atoms with Crippen molar-refractivity contribution in [2.45, 2.75) is 51.7 Å². The second-order valence-corrected chi connectivity index (χ2v) is 8.31.